The number of carbonyl (C=O) groups is 3. The van der Waals surface area contributed by atoms with E-state index in [9.17, 15) is 19.5 Å². The van der Waals surface area contributed by atoms with Crippen molar-refractivity contribution < 1.29 is 24.2 Å². The summed E-state index contributed by atoms with van der Waals surface area (Å²) in [6.45, 7) is -0.597. The van der Waals surface area contributed by atoms with Gasteiger partial charge in [-0.25, -0.2) is 0 Å². The molecule has 10 nitrogen and oxygen atoms in total. The van der Waals surface area contributed by atoms with E-state index in [1.165, 1.54) is 36.2 Å². The molecule has 3 rings (SSSR count). The van der Waals surface area contributed by atoms with Crippen LogP contribution in [-0.4, -0.2) is 46.1 Å². The number of nitrogens with one attached hydrogen (secondary N) is 1. The number of fused-ring (bicyclic) bond motifs is 1. The van der Waals surface area contributed by atoms with Crippen molar-refractivity contribution in [1.29, 1.82) is 0 Å². The van der Waals surface area contributed by atoms with E-state index in [-0.39, 0.29) is 24.7 Å². The van der Waals surface area contributed by atoms with Gasteiger partial charge in [-0.1, -0.05) is 18.2 Å². The second kappa shape index (κ2) is 8.74. The summed E-state index contributed by atoms with van der Waals surface area (Å²) < 4.78 is 5.94. The van der Waals surface area contributed by atoms with Crippen molar-refractivity contribution in [3.8, 4) is 5.88 Å². The van der Waals surface area contributed by atoms with E-state index in [0.717, 1.165) is 0 Å². The lowest BCUT2D eigenvalue weighted by Gasteiger charge is -2.04. The fraction of sp³-hybridized carbons (Fsp3) is 0.158. The summed E-state index contributed by atoms with van der Waals surface area (Å²) in [5.74, 6) is -2.04. The Morgan fingerprint density at radius 1 is 1.17 bits per heavy atom. The molecule has 2 N–H and O–H groups in total. The molecule has 1 aromatic carbocycles. The van der Waals surface area contributed by atoms with E-state index >= 15 is 0 Å². The van der Waals surface area contributed by atoms with Gasteiger partial charge in [-0.05, 0) is 18.2 Å². The predicted molar refractivity (Wildman–Crippen MR) is 102 cm³/mol. The van der Waals surface area contributed by atoms with Crippen molar-refractivity contribution in [2.45, 2.75) is 6.54 Å². The number of hydrogen-bond donors (Lipinski definition) is 2. The van der Waals surface area contributed by atoms with Crippen molar-refractivity contribution in [1.82, 2.24) is 14.9 Å². The fourth-order valence-corrected chi connectivity index (χ4v) is 2.63. The number of ether oxygens (including phenoxy) is 1. The SMILES string of the molecule is COC(=O)Cn1c(O)c(N=NC(=O)CNC(=O)c2ccncc2)c2ccccc21. The average molecular weight is 395 g/mol. The third-order valence-corrected chi connectivity index (χ3v) is 4.04. The van der Waals surface area contributed by atoms with Gasteiger partial charge in [-0.3, -0.25) is 23.9 Å². The molecule has 2 amide bonds. The Kier molecular flexibility index (Phi) is 5.93. The minimum absolute atomic E-state index is 0.0401. The molecule has 148 valence electrons. The third kappa shape index (κ3) is 4.43. The number of benzene rings is 1. The van der Waals surface area contributed by atoms with Crippen LogP contribution in [0.5, 0.6) is 5.88 Å². The Balaban J connectivity index is 1.76. The highest BCUT2D eigenvalue weighted by molar-refractivity contribution is 5.97. The first kappa shape index (κ1) is 19.7. The summed E-state index contributed by atoms with van der Waals surface area (Å²) in [6, 6.07) is 9.84. The molecule has 2 heterocycles. The Morgan fingerprint density at radius 3 is 2.62 bits per heavy atom. The lowest BCUT2D eigenvalue weighted by Crippen LogP contribution is -2.28. The van der Waals surface area contributed by atoms with Crippen molar-refractivity contribution in [2.75, 3.05) is 13.7 Å². The van der Waals surface area contributed by atoms with Gasteiger partial charge in [0.15, 0.2) is 5.69 Å². The van der Waals surface area contributed by atoms with Gasteiger partial charge in [0, 0.05) is 23.3 Å². The number of rotatable bonds is 6. The number of para-hydroxylation sites is 1. The molecule has 2 aromatic heterocycles. The van der Waals surface area contributed by atoms with E-state index in [2.05, 4.69) is 25.3 Å². The number of nitrogens with zero attached hydrogens (tertiary/aromatic N) is 4. The number of aromatic nitrogens is 2. The number of methoxy groups -OCH3 is 1. The van der Waals surface area contributed by atoms with Gasteiger partial charge in [0.05, 0.1) is 12.6 Å². The number of azo groups is 1. The van der Waals surface area contributed by atoms with E-state index in [4.69, 9.17) is 0 Å². The molecule has 0 unspecified atom stereocenters. The van der Waals surface area contributed by atoms with Gasteiger partial charge in [0.1, 0.15) is 13.1 Å². The van der Waals surface area contributed by atoms with Crippen molar-refractivity contribution in [3.05, 3.63) is 54.4 Å². The molecule has 0 aliphatic rings. The first-order valence-corrected chi connectivity index (χ1v) is 8.51. The maximum Gasteiger partial charge on any atom is 0.325 e. The van der Waals surface area contributed by atoms with Crippen LogP contribution in [0.2, 0.25) is 0 Å². The standard InChI is InChI=1S/C19H17N5O5/c1-29-16(26)11-24-14-5-3-2-4-13(14)17(19(24)28)23-22-15(25)10-21-18(27)12-6-8-20-9-7-12/h2-9,28H,10-11H2,1H3,(H,21,27). The fourth-order valence-electron chi connectivity index (χ4n) is 2.63. The van der Waals surface area contributed by atoms with Gasteiger partial charge in [0.25, 0.3) is 11.8 Å². The molecule has 0 fully saturated rings. The number of esters is 1. The monoisotopic (exact) mass is 395 g/mol. The maximum absolute atomic E-state index is 12.0. The van der Waals surface area contributed by atoms with Crippen LogP contribution >= 0.6 is 0 Å². The zero-order chi connectivity index (χ0) is 20.8. The van der Waals surface area contributed by atoms with E-state index in [1.807, 2.05) is 0 Å². The first-order valence-electron chi connectivity index (χ1n) is 8.51. The molecule has 0 aliphatic heterocycles. The van der Waals surface area contributed by atoms with Crippen LogP contribution in [0.25, 0.3) is 10.9 Å². The Bertz CT molecular complexity index is 1090. The van der Waals surface area contributed by atoms with Gasteiger partial charge in [-0.2, -0.15) is 0 Å². The lowest BCUT2D eigenvalue weighted by atomic mass is 10.2. The summed E-state index contributed by atoms with van der Waals surface area (Å²) >= 11 is 0. The van der Waals surface area contributed by atoms with Crippen LogP contribution in [0.4, 0.5) is 5.69 Å². The lowest BCUT2D eigenvalue weighted by molar-refractivity contribution is -0.141. The molecule has 0 spiro atoms. The molecule has 3 aromatic rings. The topological polar surface area (TPSA) is 135 Å². The van der Waals surface area contributed by atoms with Gasteiger partial charge in [0.2, 0.25) is 5.88 Å². The summed E-state index contributed by atoms with van der Waals surface area (Å²) in [5.41, 5.74) is 0.925. The number of aromatic hydroxyl groups is 1. The van der Waals surface area contributed by atoms with E-state index in [1.54, 1.807) is 24.3 Å². The van der Waals surface area contributed by atoms with E-state index < -0.39 is 17.8 Å². The zero-order valence-corrected chi connectivity index (χ0v) is 15.4. The van der Waals surface area contributed by atoms with Crippen LogP contribution in [0.1, 0.15) is 10.4 Å². The summed E-state index contributed by atoms with van der Waals surface area (Å²) in [5, 5.41) is 20.8. The average Bonchev–Trinajstić information content (AvgIpc) is 3.02. The summed E-state index contributed by atoms with van der Waals surface area (Å²) in [7, 11) is 1.24. The van der Waals surface area contributed by atoms with Crippen LogP contribution in [0.15, 0.2) is 59.0 Å². The van der Waals surface area contributed by atoms with Crippen LogP contribution in [-0.2, 0) is 20.9 Å². The van der Waals surface area contributed by atoms with Gasteiger partial charge < -0.3 is 15.2 Å². The number of hydrogen-bond acceptors (Lipinski definition) is 7. The second-order valence-corrected chi connectivity index (χ2v) is 5.86. The highest BCUT2D eigenvalue weighted by Crippen LogP contribution is 2.38. The van der Waals surface area contributed by atoms with Gasteiger partial charge >= 0.3 is 5.97 Å². The largest absolute Gasteiger partial charge is 0.493 e. The van der Waals surface area contributed by atoms with Crippen LogP contribution in [0.3, 0.4) is 0 Å². The van der Waals surface area contributed by atoms with Crippen LogP contribution < -0.4 is 5.32 Å². The maximum atomic E-state index is 12.0. The number of carbonyl (C=O) groups excluding carboxylic acids is 3. The summed E-state index contributed by atoms with van der Waals surface area (Å²) in [4.78, 5) is 39.3. The van der Waals surface area contributed by atoms with Crippen molar-refractivity contribution in [2.24, 2.45) is 10.2 Å². The van der Waals surface area contributed by atoms with E-state index in [0.29, 0.717) is 16.5 Å². The molecule has 0 aliphatic carbocycles. The smallest absolute Gasteiger partial charge is 0.325 e. The third-order valence-electron chi connectivity index (χ3n) is 4.04. The summed E-state index contributed by atoms with van der Waals surface area (Å²) in [6.07, 6.45) is 2.92. The molecule has 29 heavy (non-hydrogen) atoms. The molecule has 10 heteroatoms. The number of amides is 2. The normalized spacial score (nSPS) is 10.9. The van der Waals surface area contributed by atoms with Crippen molar-refractivity contribution >= 4 is 34.4 Å². The molecule has 0 atom stereocenters. The second-order valence-electron chi connectivity index (χ2n) is 5.86. The Hall–Kier alpha value is -4.08. The highest BCUT2D eigenvalue weighted by Gasteiger charge is 2.19. The molecule has 0 radical (unpaired) electrons. The molecule has 0 saturated carbocycles. The Morgan fingerprint density at radius 2 is 1.90 bits per heavy atom. The van der Waals surface area contributed by atoms with Crippen LogP contribution in [0, 0.1) is 0 Å². The Labute approximate surface area is 164 Å². The highest BCUT2D eigenvalue weighted by atomic mass is 16.5. The van der Waals surface area contributed by atoms with Crippen molar-refractivity contribution in [3.63, 3.8) is 0 Å². The quantitative estimate of drug-likeness (QED) is 0.484. The molecular formula is C19H17N5O5. The minimum atomic E-state index is -0.711. The minimum Gasteiger partial charge on any atom is -0.493 e. The first-order chi connectivity index (χ1) is 14.0. The molecule has 0 saturated heterocycles. The molecular weight excluding hydrogens is 378 g/mol. The zero-order valence-electron chi connectivity index (χ0n) is 15.4. The molecule has 0 bridgehead atoms. The van der Waals surface area contributed by atoms with Gasteiger partial charge in [-0.15, -0.1) is 10.2 Å². The predicted octanol–water partition coefficient (Wildman–Crippen LogP) is 1.96. The number of pyridine rings is 1.